The van der Waals surface area contributed by atoms with E-state index in [2.05, 4.69) is 41.2 Å². The number of aromatic nitrogens is 2. The Morgan fingerprint density at radius 3 is 2.13 bits per heavy atom. The number of nitrogens with zero attached hydrogens (tertiary/aromatic N) is 2. The van der Waals surface area contributed by atoms with Crippen LogP contribution < -0.4 is 5.73 Å². The van der Waals surface area contributed by atoms with Crippen LogP contribution in [0.25, 0.3) is 11.1 Å². The minimum absolute atomic E-state index is 0.383. The molecule has 2 N–H and O–H groups in total. The Balaban J connectivity index is 2.33. The Hall–Kier alpha value is -1.74. The fourth-order valence-electron chi connectivity index (χ4n) is 1.36. The largest absolute Gasteiger partial charge is 0.324 e. The van der Waals surface area contributed by atoms with Gasteiger partial charge in [0.1, 0.15) is 5.82 Å². The highest BCUT2D eigenvalue weighted by Gasteiger charge is 1.98. The lowest BCUT2D eigenvalue weighted by molar-refractivity contribution is 0.910. The van der Waals surface area contributed by atoms with Crippen LogP contribution in [-0.2, 0) is 6.54 Å². The van der Waals surface area contributed by atoms with Gasteiger partial charge in [0.2, 0.25) is 0 Å². The van der Waals surface area contributed by atoms with Gasteiger partial charge in [-0.2, -0.15) is 0 Å². The first kappa shape index (κ1) is 9.80. The molecule has 0 aliphatic heterocycles. The molecule has 1 aromatic heterocycles. The quantitative estimate of drug-likeness (QED) is 0.803. The normalized spacial score (nSPS) is 10.3. The predicted molar refractivity (Wildman–Crippen MR) is 60.1 cm³/mol. The second-order valence-electron chi connectivity index (χ2n) is 3.46. The minimum Gasteiger partial charge on any atom is -0.324 e. The maximum atomic E-state index is 5.43. The van der Waals surface area contributed by atoms with Gasteiger partial charge in [0.15, 0.2) is 0 Å². The third-order valence-electron chi connectivity index (χ3n) is 2.27. The lowest BCUT2D eigenvalue weighted by atomic mass is 10.1. The van der Waals surface area contributed by atoms with Crippen LogP contribution in [0.3, 0.4) is 0 Å². The van der Waals surface area contributed by atoms with Crippen molar-refractivity contribution in [1.82, 2.24) is 9.97 Å². The van der Waals surface area contributed by atoms with Gasteiger partial charge < -0.3 is 5.73 Å². The average Bonchev–Trinajstić information content (AvgIpc) is 2.30. The van der Waals surface area contributed by atoms with E-state index in [9.17, 15) is 0 Å². The molecule has 0 aliphatic carbocycles. The summed E-state index contributed by atoms with van der Waals surface area (Å²) in [5.41, 5.74) is 8.83. The van der Waals surface area contributed by atoms with Crippen LogP contribution in [0.2, 0.25) is 0 Å². The van der Waals surface area contributed by atoms with Crippen LogP contribution in [0.15, 0.2) is 36.7 Å². The smallest absolute Gasteiger partial charge is 0.141 e. The van der Waals surface area contributed by atoms with Crippen molar-refractivity contribution in [3.8, 4) is 11.1 Å². The maximum absolute atomic E-state index is 5.43. The van der Waals surface area contributed by atoms with Crippen molar-refractivity contribution in [2.45, 2.75) is 13.5 Å². The monoisotopic (exact) mass is 199 g/mol. The summed E-state index contributed by atoms with van der Waals surface area (Å²) in [7, 11) is 0. The molecule has 1 heterocycles. The summed E-state index contributed by atoms with van der Waals surface area (Å²) in [6.07, 6.45) is 3.61. The van der Waals surface area contributed by atoms with Gasteiger partial charge >= 0.3 is 0 Å². The molecular weight excluding hydrogens is 186 g/mol. The summed E-state index contributed by atoms with van der Waals surface area (Å²) in [5, 5.41) is 0. The SMILES string of the molecule is Cc1ccc(-c2cnc(CN)nc2)cc1. The fraction of sp³-hybridized carbons (Fsp3) is 0.167. The highest BCUT2D eigenvalue weighted by Crippen LogP contribution is 2.17. The summed E-state index contributed by atoms with van der Waals surface area (Å²) in [6, 6.07) is 8.28. The van der Waals surface area contributed by atoms with Crippen LogP contribution in [0.4, 0.5) is 0 Å². The van der Waals surface area contributed by atoms with Crippen LogP contribution >= 0.6 is 0 Å². The zero-order chi connectivity index (χ0) is 10.7. The van der Waals surface area contributed by atoms with E-state index in [4.69, 9.17) is 5.73 Å². The van der Waals surface area contributed by atoms with E-state index in [0.29, 0.717) is 12.4 Å². The molecule has 0 unspecified atom stereocenters. The number of aryl methyl sites for hydroxylation is 1. The molecule has 0 radical (unpaired) electrons. The van der Waals surface area contributed by atoms with Gasteiger partial charge in [0.05, 0.1) is 6.54 Å². The van der Waals surface area contributed by atoms with E-state index in [0.717, 1.165) is 11.1 Å². The molecule has 2 rings (SSSR count). The molecule has 15 heavy (non-hydrogen) atoms. The van der Waals surface area contributed by atoms with Crippen molar-refractivity contribution < 1.29 is 0 Å². The third kappa shape index (κ3) is 2.19. The minimum atomic E-state index is 0.383. The van der Waals surface area contributed by atoms with Gasteiger partial charge in [-0.15, -0.1) is 0 Å². The van der Waals surface area contributed by atoms with Crippen molar-refractivity contribution in [1.29, 1.82) is 0 Å². The zero-order valence-electron chi connectivity index (χ0n) is 8.64. The summed E-state index contributed by atoms with van der Waals surface area (Å²) in [5.74, 6) is 0.672. The molecule has 2 aromatic rings. The molecule has 0 fully saturated rings. The Morgan fingerprint density at radius 1 is 1.00 bits per heavy atom. The van der Waals surface area contributed by atoms with E-state index < -0.39 is 0 Å². The topological polar surface area (TPSA) is 51.8 Å². The van der Waals surface area contributed by atoms with Crippen LogP contribution in [0, 0.1) is 6.92 Å². The van der Waals surface area contributed by atoms with Crippen molar-refractivity contribution in [2.75, 3.05) is 0 Å². The lowest BCUT2D eigenvalue weighted by Gasteiger charge is -2.02. The number of rotatable bonds is 2. The molecule has 0 saturated heterocycles. The highest BCUT2D eigenvalue weighted by atomic mass is 14.9. The fourth-order valence-corrected chi connectivity index (χ4v) is 1.36. The van der Waals surface area contributed by atoms with E-state index >= 15 is 0 Å². The first-order valence-corrected chi connectivity index (χ1v) is 4.87. The standard InChI is InChI=1S/C12H13N3/c1-9-2-4-10(5-3-9)11-7-14-12(6-13)15-8-11/h2-5,7-8H,6,13H2,1H3. The van der Waals surface area contributed by atoms with E-state index in [1.807, 2.05) is 0 Å². The highest BCUT2D eigenvalue weighted by molar-refractivity contribution is 5.61. The number of hydrogen-bond donors (Lipinski definition) is 1. The van der Waals surface area contributed by atoms with Gasteiger partial charge in [-0.3, -0.25) is 0 Å². The predicted octanol–water partition coefficient (Wildman–Crippen LogP) is 1.91. The summed E-state index contributed by atoms with van der Waals surface area (Å²) in [4.78, 5) is 8.32. The number of benzene rings is 1. The Bertz CT molecular complexity index is 431. The van der Waals surface area contributed by atoms with Gasteiger partial charge in [-0.05, 0) is 12.5 Å². The second kappa shape index (κ2) is 4.19. The third-order valence-corrected chi connectivity index (χ3v) is 2.27. The van der Waals surface area contributed by atoms with Crippen LogP contribution in [0.5, 0.6) is 0 Å². The van der Waals surface area contributed by atoms with E-state index in [-0.39, 0.29) is 0 Å². The van der Waals surface area contributed by atoms with Crippen LogP contribution in [-0.4, -0.2) is 9.97 Å². The molecule has 0 saturated carbocycles. The van der Waals surface area contributed by atoms with Crippen molar-refractivity contribution >= 4 is 0 Å². The first-order valence-electron chi connectivity index (χ1n) is 4.87. The number of hydrogen-bond acceptors (Lipinski definition) is 3. The first-order chi connectivity index (χ1) is 7.29. The molecule has 0 amide bonds. The van der Waals surface area contributed by atoms with Gasteiger partial charge in [0, 0.05) is 18.0 Å². The van der Waals surface area contributed by atoms with Gasteiger partial charge in [0.25, 0.3) is 0 Å². The second-order valence-corrected chi connectivity index (χ2v) is 3.46. The zero-order valence-corrected chi connectivity index (χ0v) is 8.64. The Labute approximate surface area is 89.0 Å². The summed E-state index contributed by atoms with van der Waals surface area (Å²) >= 11 is 0. The Morgan fingerprint density at radius 2 is 1.60 bits per heavy atom. The van der Waals surface area contributed by atoms with E-state index in [1.165, 1.54) is 5.56 Å². The molecule has 3 heteroatoms. The van der Waals surface area contributed by atoms with Gasteiger partial charge in [-0.25, -0.2) is 9.97 Å². The van der Waals surface area contributed by atoms with Crippen LogP contribution in [0.1, 0.15) is 11.4 Å². The number of nitrogens with two attached hydrogens (primary N) is 1. The molecule has 0 aliphatic rings. The lowest BCUT2D eigenvalue weighted by Crippen LogP contribution is -2.02. The summed E-state index contributed by atoms with van der Waals surface area (Å²) < 4.78 is 0. The molecular formula is C12H13N3. The Kier molecular flexibility index (Phi) is 2.74. The van der Waals surface area contributed by atoms with E-state index in [1.54, 1.807) is 12.4 Å². The molecule has 0 bridgehead atoms. The maximum Gasteiger partial charge on any atom is 0.141 e. The van der Waals surface area contributed by atoms with Crippen molar-refractivity contribution in [3.63, 3.8) is 0 Å². The molecule has 0 atom stereocenters. The molecule has 76 valence electrons. The molecule has 1 aromatic carbocycles. The average molecular weight is 199 g/mol. The molecule has 3 nitrogen and oxygen atoms in total. The van der Waals surface area contributed by atoms with Crippen molar-refractivity contribution in [3.05, 3.63) is 48.0 Å². The molecule has 0 spiro atoms. The van der Waals surface area contributed by atoms with Gasteiger partial charge in [-0.1, -0.05) is 29.8 Å². The summed E-state index contributed by atoms with van der Waals surface area (Å²) in [6.45, 7) is 2.45. The van der Waals surface area contributed by atoms with Crippen molar-refractivity contribution in [2.24, 2.45) is 5.73 Å².